The number of likely N-dealkylation sites (N-methyl/N-ethyl adjacent to an activating group) is 1. The number of aryl methyl sites for hydroxylation is 1. The van der Waals surface area contributed by atoms with Gasteiger partial charge in [-0.15, -0.1) is 0 Å². The monoisotopic (exact) mass is 243 g/mol. The second-order valence-corrected chi connectivity index (χ2v) is 4.71. The Morgan fingerprint density at radius 3 is 2.33 bits per heavy atom. The number of nitrogens with zero attached hydrogens (tertiary/aromatic N) is 2. The molecule has 0 saturated heterocycles. The lowest BCUT2D eigenvalue weighted by Crippen LogP contribution is -2.10. The lowest BCUT2D eigenvalue weighted by Gasteiger charge is -2.07. The summed E-state index contributed by atoms with van der Waals surface area (Å²) in [6, 6.07) is 8.84. The van der Waals surface area contributed by atoms with Gasteiger partial charge in [-0.05, 0) is 45.0 Å². The number of benzene rings is 1. The van der Waals surface area contributed by atoms with Crippen LogP contribution in [0.15, 0.2) is 30.6 Å². The Morgan fingerprint density at radius 2 is 1.78 bits per heavy atom. The first-order valence-electron chi connectivity index (χ1n) is 6.41. The summed E-state index contributed by atoms with van der Waals surface area (Å²) in [5.41, 5.74) is 5.06. The summed E-state index contributed by atoms with van der Waals surface area (Å²) < 4.78 is 2.19. The van der Waals surface area contributed by atoms with Crippen LogP contribution in [0.25, 0.3) is 0 Å². The van der Waals surface area contributed by atoms with Crippen molar-refractivity contribution in [1.82, 2.24) is 14.9 Å². The molecule has 0 atom stereocenters. The molecule has 0 aliphatic heterocycles. The molecule has 18 heavy (non-hydrogen) atoms. The third-order valence-corrected chi connectivity index (χ3v) is 3.38. The Hall–Kier alpha value is -1.61. The summed E-state index contributed by atoms with van der Waals surface area (Å²) in [6.45, 7) is 6.09. The normalized spacial score (nSPS) is 10.8. The predicted octanol–water partition coefficient (Wildman–Crippen LogP) is 2.31. The van der Waals surface area contributed by atoms with Crippen molar-refractivity contribution in [3.63, 3.8) is 0 Å². The van der Waals surface area contributed by atoms with Gasteiger partial charge in [0.05, 0.1) is 12.0 Å². The van der Waals surface area contributed by atoms with Crippen molar-refractivity contribution in [3.8, 4) is 0 Å². The molecule has 0 spiro atoms. The van der Waals surface area contributed by atoms with Crippen LogP contribution in [0.2, 0.25) is 0 Å². The zero-order chi connectivity index (χ0) is 13.0. The SMILES string of the molecule is CNCCc1ccc(Cn2cnc(C)c2C)cc1. The Bertz CT molecular complexity index is 497. The van der Waals surface area contributed by atoms with E-state index in [0.717, 1.165) is 25.2 Å². The van der Waals surface area contributed by atoms with E-state index in [2.05, 4.69) is 46.1 Å². The van der Waals surface area contributed by atoms with Crippen LogP contribution in [0.5, 0.6) is 0 Å². The number of rotatable bonds is 5. The van der Waals surface area contributed by atoms with Crippen LogP contribution in [0.4, 0.5) is 0 Å². The van der Waals surface area contributed by atoms with Crippen LogP contribution in [-0.2, 0) is 13.0 Å². The predicted molar refractivity (Wildman–Crippen MR) is 74.9 cm³/mol. The van der Waals surface area contributed by atoms with E-state index in [0.29, 0.717) is 0 Å². The molecule has 0 radical (unpaired) electrons. The molecule has 0 fully saturated rings. The van der Waals surface area contributed by atoms with Crippen molar-refractivity contribution >= 4 is 0 Å². The van der Waals surface area contributed by atoms with Gasteiger partial charge in [-0.25, -0.2) is 4.98 Å². The minimum absolute atomic E-state index is 0.902. The molecular weight excluding hydrogens is 222 g/mol. The molecule has 3 heteroatoms. The third kappa shape index (κ3) is 2.99. The Kier molecular flexibility index (Phi) is 4.15. The van der Waals surface area contributed by atoms with E-state index >= 15 is 0 Å². The molecule has 1 aromatic heterocycles. The second kappa shape index (κ2) is 5.83. The van der Waals surface area contributed by atoms with Crippen molar-refractivity contribution in [3.05, 3.63) is 53.1 Å². The maximum absolute atomic E-state index is 4.33. The molecule has 0 bridgehead atoms. The van der Waals surface area contributed by atoms with Gasteiger partial charge in [0, 0.05) is 12.2 Å². The Morgan fingerprint density at radius 1 is 1.11 bits per heavy atom. The highest BCUT2D eigenvalue weighted by Gasteiger charge is 2.02. The minimum atomic E-state index is 0.902. The molecule has 2 aromatic rings. The van der Waals surface area contributed by atoms with Crippen LogP contribution >= 0.6 is 0 Å². The number of aromatic nitrogens is 2. The molecule has 0 aliphatic carbocycles. The minimum Gasteiger partial charge on any atom is -0.330 e. The lowest BCUT2D eigenvalue weighted by atomic mass is 10.1. The zero-order valence-corrected chi connectivity index (χ0v) is 11.4. The van der Waals surface area contributed by atoms with Crippen LogP contribution in [-0.4, -0.2) is 23.1 Å². The van der Waals surface area contributed by atoms with E-state index in [1.807, 2.05) is 20.3 Å². The number of hydrogen-bond acceptors (Lipinski definition) is 2. The van der Waals surface area contributed by atoms with E-state index in [4.69, 9.17) is 0 Å². The highest BCUT2D eigenvalue weighted by Crippen LogP contribution is 2.10. The molecular formula is C15H21N3. The van der Waals surface area contributed by atoms with Gasteiger partial charge in [0.2, 0.25) is 0 Å². The third-order valence-electron chi connectivity index (χ3n) is 3.38. The van der Waals surface area contributed by atoms with Gasteiger partial charge in [-0.2, -0.15) is 0 Å². The summed E-state index contributed by atoms with van der Waals surface area (Å²) in [7, 11) is 1.98. The second-order valence-electron chi connectivity index (χ2n) is 4.71. The van der Waals surface area contributed by atoms with Gasteiger partial charge in [-0.1, -0.05) is 24.3 Å². The molecule has 3 nitrogen and oxygen atoms in total. The van der Waals surface area contributed by atoms with E-state index in [1.165, 1.54) is 16.8 Å². The van der Waals surface area contributed by atoms with Gasteiger partial charge in [0.15, 0.2) is 0 Å². The summed E-state index contributed by atoms with van der Waals surface area (Å²) >= 11 is 0. The first kappa shape index (κ1) is 12.8. The van der Waals surface area contributed by atoms with Gasteiger partial charge < -0.3 is 9.88 Å². The molecule has 1 heterocycles. The molecule has 0 amide bonds. The summed E-state index contributed by atoms with van der Waals surface area (Å²) in [6.07, 6.45) is 3.00. The van der Waals surface area contributed by atoms with Crippen molar-refractivity contribution in [1.29, 1.82) is 0 Å². The zero-order valence-electron chi connectivity index (χ0n) is 11.4. The fourth-order valence-electron chi connectivity index (χ4n) is 1.98. The fraction of sp³-hybridized carbons (Fsp3) is 0.400. The first-order valence-corrected chi connectivity index (χ1v) is 6.41. The molecule has 96 valence electrons. The summed E-state index contributed by atoms with van der Waals surface area (Å²) in [4.78, 5) is 4.33. The van der Waals surface area contributed by atoms with Crippen LogP contribution in [0, 0.1) is 13.8 Å². The fourth-order valence-corrected chi connectivity index (χ4v) is 1.98. The summed E-state index contributed by atoms with van der Waals surface area (Å²) in [5, 5.41) is 3.17. The highest BCUT2D eigenvalue weighted by atomic mass is 15.0. The van der Waals surface area contributed by atoms with Gasteiger partial charge in [0.1, 0.15) is 0 Å². The van der Waals surface area contributed by atoms with Gasteiger partial charge in [0.25, 0.3) is 0 Å². The molecule has 0 aliphatic rings. The van der Waals surface area contributed by atoms with Crippen LogP contribution < -0.4 is 5.32 Å². The number of imidazole rings is 1. The van der Waals surface area contributed by atoms with Crippen molar-refractivity contribution < 1.29 is 0 Å². The maximum atomic E-state index is 4.33. The molecule has 0 unspecified atom stereocenters. The van der Waals surface area contributed by atoms with Crippen LogP contribution in [0.3, 0.4) is 0 Å². The smallest absolute Gasteiger partial charge is 0.0954 e. The molecule has 0 saturated carbocycles. The summed E-state index contributed by atoms with van der Waals surface area (Å²) in [5.74, 6) is 0. The van der Waals surface area contributed by atoms with Crippen molar-refractivity contribution in [2.24, 2.45) is 0 Å². The van der Waals surface area contributed by atoms with E-state index in [9.17, 15) is 0 Å². The molecule has 1 N–H and O–H groups in total. The largest absolute Gasteiger partial charge is 0.330 e. The van der Waals surface area contributed by atoms with E-state index < -0.39 is 0 Å². The number of hydrogen-bond donors (Lipinski definition) is 1. The number of nitrogens with one attached hydrogen (secondary N) is 1. The molecule has 2 rings (SSSR count). The van der Waals surface area contributed by atoms with E-state index in [1.54, 1.807) is 0 Å². The van der Waals surface area contributed by atoms with Crippen molar-refractivity contribution in [2.45, 2.75) is 26.8 Å². The average molecular weight is 243 g/mol. The molecule has 1 aromatic carbocycles. The van der Waals surface area contributed by atoms with Gasteiger partial charge >= 0.3 is 0 Å². The van der Waals surface area contributed by atoms with E-state index in [-0.39, 0.29) is 0 Å². The van der Waals surface area contributed by atoms with Crippen LogP contribution in [0.1, 0.15) is 22.5 Å². The lowest BCUT2D eigenvalue weighted by molar-refractivity contribution is 0.765. The van der Waals surface area contributed by atoms with Gasteiger partial charge in [-0.3, -0.25) is 0 Å². The first-order chi connectivity index (χ1) is 8.70. The van der Waals surface area contributed by atoms with Crippen molar-refractivity contribution in [2.75, 3.05) is 13.6 Å². The quantitative estimate of drug-likeness (QED) is 0.873. The topological polar surface area (TPSA) is 29.9 Å². The maximum Gasteiger partial charge on any atom is 0.0954 e. The Labute approximate surface area is 109 Å². The average Bonchev–Trinajstić information content (AvgIpc) is 2.70. The highest BCUT2D eigenvalue weighted by molar-refractivity contribution is 5.24. The standard InChI is InChI=1S/C15H21N3/c1-12-13(2)18(11-17-12)10-15-6-4-14(5-7-15)8-9-16-3/h4-7,11,16H,8-10H2,1-3H3. The Balaban J connectivity index is 2.04.